The number of rotatable bonds is 6. The van der Waals surface area contributed by atoms with Crippen molar-refractivity contribution in [2.24, 2.45) is 11.8 Å². The quantitative estimate of drug-likeness (QED) is 0.843. The maximum atomic E-state index is 12.1. The fraction of sp³-hybridized carbons (Fsp3) is 0.647. The van der Waals surface area contributed by atoms with E-state index >= 15 is 0 Å². The summed E-state index contributed by atoms with van der Waals surface area (Å²) in [6.07, 6.45) is 8.12. The minimum absolute atomic E-state index is 0.000381. The van der Waals surface area contributed by atoms with Gasteiger partial charge in [-0.3, -0.25) is 4.79 Å². The van der Waals surface area contributed by atoms with Crippen molar-refractivity contribution < 1.29 is 4.79 Å². The van der Waals surface area contributed by atoms with Gasteiger partial charge in [-0.1, -0.05) is 26.2 Å². The highest BCUT2D eigenvalue weighted by atomic mass is 16.1. The number of nitrogens with one attached hydrogen (secondary N) is 2. The Kier molecular flexibility index (Phi) is 6.03. The van der Waals surface area contributed by atoms with Crippen LogP contribution in [0.2, 0.25) is 0 Å². The van der Waals surface area contributed by atoms with Crippen LogP contribution in [0.3, 0.4) is 0 Å². The lowest BCUT2D eigenvalue weighted by Gasteiger charge is -2.26. The monoisotopic (exact) mass is 289 g/mol. The summed E-state index contributed by atoms with van der Waals surface area (Å²) in [4.78, 5) is 16.3. The van der Waals surface area contributed by atoms with Crippen LogP contribution in [-0.2, 0) is 0 Å². The van der Waals surface area contributed by atoms with Crippen LogP contribution in [0, 0.1) is 11.8 Å². The SMILES string of the molecule is CCNc1cc(C(=O)NCCC2CCCC(C)C2)ccn1. The van der Waals surface area contributed by atoms with Gasteiger partial charge in [-0.05, 0) is 43.7 Å². The summed E-state index contributed by atoms with van der Waals surface area (Å²) in [6, 6.07) is 3.57. The third-order valence-electron chi connectivity index (χ3n) is 4.26. The molecule has 4 nitrogen and oxygen atoms in total. The average molecular weight is 289 g/mol. The summed E-state index contributed by atoms with van der Waals surface area (Å²) >= 11 is 0. The number of nitrogens with zero attached hydrogens (tertiary/aromatic N) is 1. The zero-order chi connectivity index (χ0) is 15.1. The van der Waals surface area contributed by atoms with Gasteiger partial charge < -0.3 is 10.6 Å². The van der Waals surface area contributed by atoms with Crippen LogP contribution in [0.4, 0.5) is 5.82 Å². The lowest BCUT2D eigenvalue weighted by Crippen LogP contribution is -2.27. The minimum Gasteiger partial charge on any atom is -0.370 e. The fourth-order valence-corrected chi connectivity index (χ4v) is 3.16. The number of aromatic nitrogens is 1. The van der Waals surface area contributed by atoms with E-state index in [2.05, 4.69) is 22.5 Å². The first-order valence-electron chi connectivity index (χ1n) is 8.17. The van der Waals surface area contributed by atoms with Gasteiger partial charge in [-0.25, -0.2) is 4.98 Å². The lowest BCUT2D eigenvalue weighted by atomic mass is 9.81. The van der Waals surface area contributed by atoms with Gasteiger partial charge in [0.05, 0.1) is 0 Å². The van der Waals surface area contributed by atoms with Crippen LogP contribution < -0.4 is 10.6 Å². The van der Waals surface area contributed by atoms with Crippen molar-refractivity contribution in [3.63, 3.8) is 0 Å². The number of hydrogen-bond acceptors (Lipinski definition) is 3. The Labute approximate surface area is 127 Å². The summed E-state index contributed by atoms with van der Waals surface area (Å²) < 4.78 is 0. The molecule has 21 heavy (non-hydrogen) atoms. The predicted molar refractivity (Wildman–Crippen MR) is 86.5 cm³/mol. The van der Waals surface area contributed by atoms with Crippen LogP contribution >= 0.6 is 0 Å². The molecule has 1 heterocycles. The molecule has 0 radical (unpaired) electrons. The van der Waals surface area contributed by atoms with E-state index < -0.39 is 0 Å². The zero-order valence-corrected chi connectivity index (χ0v) is 13.2. The summed E-state index contributed by atoms with van der Waals surface area (Å²) in [6.45, 7) is 5.93. The Morgan fingerprint density at radius 2 is 2.29 bits per heavy atom. The number of carbonyl (C=O) groups excluding carboxylic acids is 1. The predicted octanol–water partition coefficient (Wildman–Crippen LogP) is 3.46. The summed E-state index contributed by atoms with van der Waals surface area (Å²) in [5, 5.41) is 6.16. The average Bonchev–Trinajstić information content (AvgIpc) is 2.48. The van der Waals surface area contributed by atoms with E-state index in [1.807, 2.05) is 13.0 Å². The van der Waals surface area contributed by atoms with Gasteiger partial charge in [-0.15, -0.1) is 0 Å². The first kappa shape index (κ1) is 15.8. The van der Waals surface area contributed by atoms with Crippen molar-refractivity contribution >= 4 is 11.7 Å². The molecule has 0 spiro atoms. The molecule has 4 heteroatoms. The number of pyridine rings is 1. The molecule has 1 aliphatic rings. The molecule has 2 atom stereocenters. The van der Waals surface area contributed by atoms with E-state index in [4.69, 9.17) is 0 Å². The molecule has 0 saturated heterocycles. The van der Waals surface area contributed by atoms with Crippen molar-refractivity contribution in [3.8, 4) is 0 Å². The number of anilines is 1. The molecule has 1 saturated carbocycles. The molecular weight excluding hydrogens is 262 g/mol. The summed E-state index contributed by atoms with van der Waals surface area (Å²) in [5.41, 5.74) is 0.679. The third-order valence-corrected chi connectivity index (χ3v) is 4.26. The molecule has 1 aromatic rings. The smallest absolute Gasteiger partial charge is 0.251 e. The van der Waals surface area contributed by atoms with E-state index in [0.29, 0.717) is 5.56 Å². The van der Waals surface area contributed by atoms with Gasteiger partial charge in [0.25, 0.3) is 5.91 Å². The Balaban J connectivity index is 1.77. The largest absolute Gasteiger partial charge is 0.370 e. The van der Waals surface area contributed by atoms with Crippen LogP contribution in [0.15, 0.2) is 18.3 Å². The van der Waals surface area contributed by atoms with E-state index in [0.717, 1.165) is 37.2 Å². The highest BCUT2D eigenvalue weighted by molar-refractivity contribution is 5.94. The second-order valence-corrected chi connectivity index (χ2v) is 6.14. The van der Waals surface area contributed by atoms with Crippen molar-refractivity contribution in [3.05, 3.63) is 23.9 Å². The summed E-state index contributed by atoms with van der Waals surface area (Å²) in [5.74, 6) is 2.39. The van der Waals surface area contributed by atoms with Gasteiger partial charge in [0.2, 0.25) is 0 Å². The molecule has 1 aliphatic carbocycles. The minimum atomic E-state index is 0.000381. The first-order chi connectivity index (χ1) is 10.2. The number of hydrogen-bond donors (Lipinski definition) is 2. The molecule has 2 N–H and O–H groups in total. The van der Waals surface area contributed by atoms with E-state index in [9.17, 15) is 4.79 Å². The lowest BCUT2D eigenvalue weighted by molar-refractivity contribution is 0.0949. The molecule has 0 aliphatic heterocycles. The Morgan fingerprint density at radius 1 is 1.43 bits per heavy atom. The van der Waals surface area contributed by atoms with E-state index in [1.165, 1.54) is 25.7 Å². The van der Waals surface area contributed by atoms with E-state index in [1.54, 1.807) is 12.3 Å². The van der Waals surface area contributed by atoms with Gasteiger partial charge in [0.1, 0.15) is 5.82 Å². The highest BCUT2D eigenvalue weighted by Crippen LogP contribution is 2.30. The molecule has 1 fully saturated rings. The molecule has 1 amide bonds. The molecule has 116 valence electrons. The molecule has 0 bridgehead atoms. The van der Waals surface area contributed by atoms with Crippen LogP contribution in [0.25, 0.3) is 0 Å². The highest BCUT2D eigenvalue weighted by Gasteiger charge is 2.18. The van der Waals surface area contributed by atoms with E-state index in [-0.39, 0.29) is 5.91 Å². The Bertz CT molecular complexity index is 461. The molecule has 2 unspecified atom stereocenters. The number of carbonyl (C=O) groups is 1. The zero-order valence-electron chi connectivity index (χ0n) is 13.2. The van der Waals surface area contributed by atoms with Crippen molar-refractivity contribution in [1.82, 2.24) is 10.3 Å². The van der Waals surface area contributed by atoms with Crippen LogP contribution in [-0.4, -0.2) is 24.0 Å². The maximum absolute atomic E-state index is 12.1. The Hall–Kier alpha value is -1.58. The topological polar surface area (TPSA) is 54.0 Å². The number of amides is 1. The summed E-state index contributed by atoms with van der Waals surface area (Å²) in [7, 11) is 0. The molecule has 0 aromatic carbocycles. The molecule has 2 rings (SSSR count). The molecular formula is C17H27N3O. The second kappa shape index (κ2) is 8.01. The molecule has 1 aromatic heterocycles. The van der Waals surface area contributed by atoms with Gasteiger partial charge >= 0.3 is 0 Å². The third kappa shape index (κ3) is 5.03. The van der Waals surface area contributed by atoms with Crippen molar-refractivity contribution in [2.75, 3.05) is 18.4 Å². The van der Waals surface area contributed by atoms with Crippen molar-refractivity contribution in [2.45, 2.75) is 46.0 Å². The second-order valence-electron chi connectivity index (χ2n) is 6.14. The van der Waals surface area contributed by atoms with Gasteiger partial charge in [0.15, 0.2) is 0 Å². The van der Waals surface area contributed by atoms with Gasteiger partial charge in [0, 0.05) is 24.8 Å². The standard InChI is InChI=1S/C17H27N3O/c1-3-18-16-12-15(8-10-19-16)17(21)20-9-7-14-6-4-5-13(2)11-14/h8,10,12-14H,3-7,9,11H2,1-2H3,(H,18,19)(H,20,21). The van der Waals surface area contributed by atoms with Crippen molar-refractivity contribution in [1.29, 1.82) is 0 Å². The van der Waals surface area contributed by atoms with Gasteiger partial charge in [-0.2, -0.15) is 0 Å². The fourth-order valence-electron chi connectivity index (χ4n) is 3.16. The Morgan fingerprint density at radius 3 is 3.05 bits per heavy atom. The van der Waals surface area contributed by atoms with Crippen LogP contribution in [0.1, 0.15) is 56.3 Å². The normalized spacial score (nSPS) is 21.8. The maximum Gasteiger partial charge on any atom is 0.251 e. The van der Waals surface area contributed by atoms with Crippen LogP contribution in [0.5, 0.6) is 0 Å². The first-order valence-corrected chi connectivity index (χ1v) is 8.17.